The summed E-state index contributed by atoms with van der Waals surface area (Å²) in [7, 11) is 3.42. The molecule has 0 saturated heterocycles. The van der Waals surface area contributed by atoms with Crippen molar-refractivity contribution in [3.05, 3.63) is 35.4 Å². The lowest BCUT2D eigenvalue weighted by Gasteiger charge is -2.09. The van der Waals surface area contributed by atoms with E-state index in [4.69, 9.17) is 0 Å². The highest BCUT2D eigenvalue weighted by molar-refractivity contribution is 5.93. The molecule has 20 heavy (non-hydrogen) atoms. The zero-order valence-electron chi connectivity index (χ0n) is 12.0. The Morgan fingerprint density at radius 3 is 2.35 bits per heavy atom. The quantitative estimate of drug-likeness (QED) is 0.809. The number of benzene rings is 1. The number of rotatable bonds is 3. The fraction of sp³-hybridized carbons (Fsp3) is 0.333. The van der Waals surface area contributed by atoms with Crippen LogP contribution < -0.4 is 10.6 Å². The van der Waals surface area contributed by atoms with E-state index in [2.05, 4.69) is 22.5 Å². The zero-order chi connectivity index (χ0) is 15.0. The van der Waals surface area contributed by atoms with Crippen LogP contribution in [-0.4, -0.2) is 44.0 Å². The number of hydrogen-bond donors (Lipinski definition) is 2. The van der Waals surface area contributed by atoms with E-state index in [0.29, 0.717) is 12.1 Å². The zero-order valence-corrected chi connectivity index (χ0v) is 12.0. The van der Waals surface area contributed by atoms with Gasteiger partial charge in [-0.3, -0.25) is 4.79 Å². The molecule has 2 N–H and O–H groups in total. The van der Waals surface area contributed by atoms with Gasteiger partial charge in [0, 0.05) is 31.8 Å². The number of nitrogens with zero attached hydrogens (tertiary/aromatic N) is 1. The fourth-order valence-electron chi connectivity index (χ4n) is 1.45. The number of carbonyl (C=O) groups is 2. The molecule has 1 aromatic carbocycles. The molecule has 0 bridgehead atoms. The molecule has 0 radical (unpaired) electrons. The van der Waals surface area contributed by atoms with Crippen molar-refractivity contribution in [3.63, 3.8) is 0 Å². The van der Waals surface area contributed by atoms with Crippen LogP contribution in [0.25, 0.3) is 0 Å². The molecule has 0 saturated carbocycles. The molecule has 106 valence electrons. The lowest BCUT2D eigenvalue weighted by molar-refractivity contribution is 0.0827. The summed E-state index contributed by atoms with van der Waals surface area (Å²) in [6.45, 7) is 2.71. The summed E-state index contributed by atoms with van der Waals surface area (Å²) in [5.41, 5.74) is 1.43. The molecule has 5 nitrogen and oxygen atoms in total. The third kappa shape index (κ3) is 5.02. The fourth-order valence-corrected chi connectivity index (χ4v) is 1.45. The molecular formula is C15H19N3O2. The summed E-state index contributed by atoms with van der Waals surface area (Å²) in [4.78, 5) is 24.3. The first-order chi connectivity index (χ1) is 9.54. The van der Waals surface area contributed by atoms with E-state index in [-0.39, 0.29) is 18.5 Å². The molecule has 0 spiro atoms. The lowest BCUT2D eigenvalue weighted by Crippen LogP contribution is -2.35. The molecule has 0 heterocycles. The van der Waals surface area contributed by atoms with Crippen LogP contribution in [-0.2, 0) is 0 Å². The Kier molecular flexibility index (Phi) is 6.11. The molecule has 0 unspecified atom stereocenters. The van der Waals surface area contributed by atoms with Gasteiger partial charge in [0.15, 0.2) is 0 Å². The Morgan fingerprint density at radius 2 is 1.80 bits per heavy atom. The van der Waals surface area contributed by atoms with E-state index in [1.807, 2.05) is 6.92 Å². The second-order valence-corrected chi connectivity index (χ2v) is 4.29. The van der Waals surface area contributed by atoms with Crippen LogP contribution in [0.2, 0.25) is 0 Å². The van der Waals surface area contributed by atoms with E-state index in [1.165, 1.54) is 4.90 Å². The highest BCUT2D eigenvalue weighted by atomic mass is 16.2. The summed E-state index contributed by atoms with van der Waals surface area (Å²) in [6, 6.07) is 6.83. The summed E-state index contributed by atoms with van der Waals surface area (Å²) < 4.78 is 0. The van der Waals surface area contributed by atoms with Crippen molar-refractivity contribution in [2.24, 2.45) is 0 Å². The largest absolute Gasteiger partial charge is 0.345 e. The Bertz CT molecular complexity index is 524. The van der Waals surface area contributed by atoms with Crippen LogP contribution in [0.4, 0.5) is 4.79 Å². The molecule has 0 fully saturated rings. The molecule has 0 aliphatic carbocycles. The predicted octanol–water partition coefficient (Wildman–Crippen LogP) is 1.06. The SMILES string of the molecule is CCNC(=O)NCC#Cc1ccc(C(=O)N(C)C)cc1. The number of carbonyl (C=O) groups excluding carboxylic acids is 2. The van der Waals surface area contributed by atoms with E-state index in [9.17, 15) is 9.59 Å². The summed E-state index contributed by atoms with van der Waals surface area (Å²) in [5, 5.41) is 5.23. The predicted molar refractivity (Wildman–Crippen MR) is 78.4 cm³/mol. The topological polar surface area (TPSA) is 61.4 Å². The third-order valence-corrected chi connectivity index (χ3v) is 2.45. The van der Waals surface area contributed by atoms with Crippen molar-refractivity contribution in [3.8, 4) is 11.8 Å². The highest BCUT2D eigenvalue weighted by Crippen LogP contribution is 2.05. The monoisotopic (exact) mass is 273 g/mol. The number of amides is 3. The van der Waals surface area contributed by atoms with Gasteiger partial charge in [-0.05, 0) is 31.2 Å². The molecule has 0 atom stereocenters. The Hall–Kier alpha value is -2.48. The molecule has 0 aliphatic heterocycles. The van der Waals surface area contributed by atoms with Gasteiger partial charge in [-0.25, -0.2) is 4.79 Å². The molecular weight excluding hydrogens is 254 g/mol. The molecule has 3 amide bonds. The van der Waals surface area contributed by atoms with E-state index in [1.54, 1.807) is 38.4 Å². The second-order valence-electron chi connectivity index (χ2n) is 4.29. The summed E-state index contributed by atoms with van der Waals surface area (Å²) in [6.07, 6.45) is 0. The molecule has 0 aromatic heterocycles. The minimum atomic E-state index is -0.228. The van der Waals surface area contributed by atoms with E-state index >= 15 is 0 Å². The number of hydrogen-bond acceptors (Lipinski definition) is 2. The Balaban J connectivity index is 2.54. The first-order valence-electron chi connectivity index (χ1n) is 6.37. The first kappa shape index (κ1) is 15.6. The average Bonchev–Trinajstić information content (AvgIpc) is 2.43. The van der Waals surface area contributed by atoms with Gasteiger partial charge in [0.1, 0.15) is 0 Å². The van der Waals surface area contributed by atoms with E-state index in [0.717, 1.165) is 5.56 Å². The van der Waals surface area contributed by atoms with Crippen molar-refractivity contribution in [1.29, 1.82) is 0 Å². The van der Waals surface area contributed by atoms with Crippen molar-refractivity contribution < 1.29 is 9.59 Å². The smallest absolute Gasteiger partial charge is 0.315 e. The van der Waals surface area contributed by atoms with Gasteiger partial charge in [-0.15, -0.1) is 0 Å². The van der Waals surface area contributed by atoms with Gasteiger partial charge < -0.3 is 15.5 Å². The minimum Gasteiger partial charge on any atom is -0.345 e. The number of nitrogens with one attached hydrogen (secondary N) is 2. The molecule has 1 aromatic rings. The Morgan fingerprint density at radius 1 is 1.15 bits per heavy atom. The van der Waals surface area contributed by atoms with Gasteiger partial charge in [0.25, 0.3) is 5.91 Å². The molecule has 1 rings (SSSR count). The molecule has 5 heteroatoms. The maximum absolute atomic E-state index is 11.7. The number of urea groups is 1. The maximum Gasteiger partial charge on any atom is 0.315 e. The van der Waals surface area contributed by atoms with Crippen LogP contribution >= 0.6 is 0 Å². The van der Waals surface area contributed by atoms with Crippen LogP contribution in [0, 0.1) is 11.8 Å². The highest BCUT2D eigenvalue weighted by Gasteiger charge is 2.06. The van der Waals surface area contributed by atoms with Gasteiger partial charge in [0.05, 0.1) is 6.54 Å². The summed E-state index contributed by atoms with van der Waals surface area (Å²) >= 11 is 0. The Labute approximate surface area is 119 Å². The third-order valence-electron chi connectivity index (χ3n) is 2.45. The normalized spacial score (nSPS) is 9.15. The van der Waals surface area contributed by atoms with Gasteiger partial charge in [-0.2, -0.15) is 0 Å². The van der Waals surface area contributed by atoms with Crippen LogP contribution in [0.5, 0.6) is 0 Å². The van der Waals surface area contributed by atoms with Gasteiger partial charge >= 0.3 is 6.03 Å². The standard InChI is InChI=1S/C15H19N3O2/c1-4-16-15(20)17-11-5-6-12-7-9-13(10-8-12)14(19)18(2)3/h7-10H,4,11H2,1-3H3,(H2,16,17,20). The average molecular weight is 273 g/mol. The minimum absolute atomic E-state index is 0.0394. The van der Waals surface area contributed by atoms with Crippen molar-refractivity contribution in [1.82, 2.24) is 15.5 Å². The molecule has 0 aliphatic rings. The summed E-state index contributed by atoms with van der Waals surface area (Å²) in [5.74, 6) is 5.73. The second kappa shape index (κ2) is 7.85. The maximum atomic E-state index is 11.7. The van der Waals surface area contributed by atoms with Crippen LogP contribution in [0.3, 0.4) is 0 Å². The van der Waals surface area contributed by atoms with Gasteiger partial charge in [-0.1, -0.05) is 11.8 Å². The first-order valence-corrected chi connectivity index (χ1v) is 6.37. The van der Waals surface area contributed by atoms with E-state index < -0.39 is 0 Å². The lowest BCUT2D eigenvalue weighted by atomic mass is 10.1. The van der Waals surface area contributed by atoms with Crippen molar-refractivity contribution >= 4 is 11.9 Å². The van der Waals surface area contributed by atoms with Crippen LogP contribution in [0.1, 0.15) is 22.8 Å². The van der Waals surface area contributed by atoms with Crippen molar-refractivity contribution in [2.75, 3.05) is 27.2 Å². The van der Waals surface area contributed by atoms with Gasteiger partial charge in [0.2, 0.25) is 0 Å². The van der Waals surface area contributed by atoms with Crippen molar-refractivity contribution in [2.45, 2.75) is 6.92 Å². The van der Waals surface area contributed by atoms with Crippen LogP contribution in [0.15, 0.2) is 24.3 Å².